The Labute approximate surface area is 144 Å². The van der Waals surface area contributed by atoms with Gasteiger partial charge in [-0.05, 0) is 11.5 Å². The van der Waals surface area contributed by atoms with E-state index in [-0.39, 0.29) is 5.92 Å². The Morgan fingerprint density at radius 1 is 1.29 bits per heavy atom. The first-order valence-corrected chi connectivity index (χ1v) is 8.74. The molecule has 2 atom stereocenters. The van der Waals surface area contributed by atoms with Gasteiger partial charge in [0.05, 0.1) is 17.4 Å². The lowest BCUT2D eigenvalue weighted by Crippen LogP contribution is -2.45. The van der Waals surface area contributed by atoms with Gasteiger partial charge in [-0.3, -0.25) is 0 Å². The molecule has 2 heterocycles. The van der Waals surface area contributed by atoms with E-state index >= 15 is 0 Å². The average Bonchev–Trinajstić information content (AvgIpc) is 3.04. The SMILES string of the molecule is CC[C@@H](C)[C@@H](Nc1ncnc2scc(-c3ccccc3)c12)C(=O)[O-]. The van der Waals surface area contributed by atoms with Crippen molar-refractivity contribution in [1.29, 1.82) is 0 Å². The zero-order valence-electron chi connectivity index (χ0n) is 13.5. The van der Waals surface area contributed by atoms with Crippen LogP contribution in [0.25, 0.3) is 21.3 Å². The highest BCUT2D eigenvalue weighted by atomic mass is 32.1. The van der Waals surface area contributed by atoms with Gasteiger partial charge in [0.15, 0.2) is 0 Å². The van der Waals surface area contributed by atoms with Crippen molar-refractivity contribution in [3.05, 3.63) is 42.0 Å². The Morgan fingerprint density at radius 2 is 2.04 bits per heavy atom. The second-order valence-electron chi connectivity index (χ2n) is 5.74. The summed E-state index contributed by atoms with van der Waals surface area (Å²) in [6, 6.07) is 9.14. The first kappa shape index (κ1) is 16.4. The molecule has 24 heavy (non-hydrogen) atoms. The van der Waals surface area contributed by atoms with Crippen LogP contribution in [0.4, 0.5) is 5.82 Å². The van der Waals surface area contributed by atoms with Crippen LogP contribution in [0.3, 0.4) is 0 Å². The monoisotopic (exact) mass is 340 g/mol. The molecule has 6 heteroatoms. The molecule has 0 saturated heterocycles. The number of benzene rings is 1. The van der Waals surface area contributed by atoms with Crippen LogP contribution in [0.2, 0.25) is 0 Å². The van der Waals surface area contributed by atoms with E-state index in [4.69, 9.17) is 0 Å². The van der Waals surface area contributed by atoms with E-state index in [0.29, 0.717) is 5.82 Å². The van der Waals surface area contributed by atoms with E-state index in [1.165, 1.54) is 17.7 Å². The minimum atomic E-state index is -1.12. The van der Waals surface area contributed by atoms with E-state index in [2.05, 4.69) is 15.3 Å². The molecule has 0 radical (unpaired) electrons. The summed E-state index contributed by atoms with van der Waals surface area (Å²) in [5.74, 6) is -0.652. The van der Waals surface area contributed by atoms with Crippen LogP contribution >= 0.6 is 11.3 Å². The number of aliphatic carboxylic acids is 1. The van der Waals surface area contributed by atoms with Gasteiger partial charge in [-0.15, -0.1) is 11.3 Å². The number of nitrogens with zero attached hydrogens (tertiary/aromatic N) is 2. The van der Waals surface area contributed by atoms with Crippen LogP contribution in [-0.4, -0.2) is 22.0 Å². The van der Waals surface area contributed by atoms with Gasteiger partial charge in [0, 0.05) is 10.9 Å². The molecule has 3 aromatic rings. The van der Waals surface area contributed by atoms with Crippen molar-refractivity contribution in [3.63, 3.8) is 0 Å². The van der Waals surface area contributed by atoms with Crippen LogP contribution in [0.5, 0.6) is 0 Å². The highest BCUT2D eigenvalue weighted by Crippen LogP contribution is 2.36. The maximum Gasteiger partial charge on any atom is 0.139 e. The maximum absolute atomic E-state index is 11.5. The summed E-state index contributed by atoms with van der Waals surface area (Å²) >= 11 is 1.52. The van der Waals surface area contributed by atoms with Crippen molar-refractivity contribution >= 4 is 33.3 Å². The minimum Gasteiger partial charge on any atom is -0.548 e. The van der Waals surface area contributed by atoms with E-state index < -0.39 is 12.0 Å². The number of hydrogen-bond acceptors (Lipinski definition) is 6. The van der Waals surface area contributed by atoms with E-state index in [9.17, 15) is 9.90 Å². The number of anilines is 1. The van der Waals surface area contributed by atoms with E-state index in [1.807, 2.05) is 49.6 Å². The highest BCUT2D eigenvalue weighted by Gasteiger charge is 2.20. The molecule has 0 amide bonds. The summed E-state index contributed by atoms with van der Waals surface area (Å²) in [6.45, 7) is 3.84. The van der Waals surface area contributed by atoms with Crippen molar-refractivity contribution in [2.75, 3.05) is 5.32 Å². The Hall–Kier alpha value is -2.47. The van der Waals surface area contributed by atoms with Gasteiger partial charge in [-0.1, -0.05) is 50.6 Å². The van der Waals surface area contributed by atoms with Crippen molar-refractivity contribution < 1.29 is 9.90 Å². The first-order valence-electron chi connectivity index (χ1n) is 7.86. The minimum absolute atomic E-state index is 0.0705. The largest absolute Gasteiger partial charge is 0.548 e. The fourth-order valence-electron chi connectivity index (χ4n) is 2.63. The van der Waals surface area contributed by atoms with Gasteiger partial charge in [0.2, 0.25) is 0 Å². The second-order valence-corrected chi connectivity index (χ2v) is 6.60. The lowest BCUT2D eigenvalue weighted by Gasteiger charge is -2.26. The Kier molecular flexibility index (Phi) is 4.76. The van der Waals surface area contributed by atoms with Crippen LogP contribution in [0.1, 0.15) is 20.3 Å². The van der Waals surface area contributed by atoms with E-state index in [1.54, 1.807) is 0 Å². The predicted molar refractivity (Wildman–Crippen MR) is 94.7 cm³/mol. The number of thiophene rings is 1. The van der Waals surface area contributed by atoms with Gasteiger partial charge in [-0.25, -0.2) is 9.97 Å². The molecule has 0 fully saturated rings. The smallest absolute Gasteiger partial charge is 0.139 e. The predicted octanol–water partition coefficient (Wildman–Crippen LogP) is 2.93. The fourth-order valence-corrected chi connectivity index (χ4v) is 3.55. The van der Waals surface area contributed by atoms with Crippen LogP contribution in [0.15, 0.2) is 42.0 Å². The number of hydrogen-bond donors (Lipinski definition) is 1. The van der Waals surface area contributed by atoms with Gasteiger partial charge in [0.25, 0.3) is 0 Å². The van der Waals surface area contributed by atoms with Gasteiger partial charge in [0.1, 0.15) is 17.0 Å². The second kappa shape index (κ2) is 6.97. The van der Waals surface area contributed by atoms with Crippen LogP contribution in [-0.2, 0) is 4.79 Å². The van der Waals surface area contributed by atoms with Crippen molar-refractivity contribution in [3.8, 4) is 11.1 Å². The van der Waals surface area contributed by atoms with Crippen molar-refractivity contribution in [1.82, 2.24) is 9.97 Å². The third kappa shape index (κ3) is 3.10. The third-order valence-corrected chi connectivity index (χ3v) is 5.10. The highest BCUT2D eigenvalue weighted by molar-refractivity contribution is 7.17. The molecule has 3 rings (SSSR count). The number of nitrogens with one attached hydrogen (secondary N) is 1. The molecule has 124 valence electrons. The fraction of sp³-hybridized carbons (Fsp3) is 0.278. The number of carbonyl (C=O) groups excluding carboxylic acids is 1. The molecule has 0 aliphatic heterocycles. The molecule has 0 unspecified atom stereocenters. The molecular formula is C18H18N3O2S-. The molecule has 5 nitrogen and oxygen atoms in total. The molecule has 2 aromatic heterocycles. The zero-order valence-corrected chi connectivity index (χ0v) is 14.3. The number of carboxylic acid groups (broad SMARTS) is 1. The van der Waals surface area contributed by atoms with Crippen LogP contribution < -0.4 is 10.4 Å². The topological polar surface area (TPSA) is 77.9 Å². The summed E-state index contributed by atoms with van der Waals surface area (Å²) in [7, 11) is 0. The van der Waals surface area contributed by atoms with Gasteiger partial charge < -0.3 is 15.2 Å². The number of rotatable bonds is 6. The number of aromatic nitrogens is 2. The summed E-state index contributed by atoms with van der Waals surface area (Å²) in [5, 5.41) is 17.5. The van der Waals surface area contributed by atoms with Crippen molar-refractivity contribution in [2.45, 2.75) is 26.3 Å². The maximum atomic E-state index is 11.5. The molecule has 1 N–H and O–H groups in total. The Morgan fingerprint density at radius 3 is 2.71 bits per heavy atom. The van der Waals surface area contributed by atoms with Gasteiger partial charge >= 0.3 is 0 Å². The average molecular weight is 340 g/mol. The Bertz CT molecular complexity index is 848. The molecule has 0 saturated carbocycles. The lowest BCUT2D eigenvalue weighted by atomic mass is 9.99. The molecule has 0 bridgehead atoms. The van der Waals surface area contributed by atoms with Crippen molar-refractivity contribution in [2.24, 2.45) is 5.92 Å². The zero-order chi connectivity index (χ0) is 17.1. The van der Waals surface area contributed by atoms with Gasteiger partial charge in [-0.2, -0.15) is 0 Å². The summed E-state index contributed by atoms with van der Waals surface area (Å²) in [5.41, 5.74) is 2.05. The van der Waals surface area contributed by atoms with E-state index in [0.717, 1.165) is 27.8 Å². The lowest BCUT2D eigenvalue weighted by molar-refractivity contribution is -0.307. The molecule has 0 aliphatic rings. The molecule has 0 aliphatic carbocycles. The standard InChI is InChI=1S/C18H19N3O2S/c1-3-11(2)15(18(22)23)21-16-14-13(12-7-5-4-6-8-12)9-24-17(14)20-10-19-16/h4-11,15H,3H2,1-2H3,(H,22,23)(H,19,20,21)/p-1/t11-,15-/m1/s1. The number of fused-ring (bicyclic) bond motifs is 1. The summed E-state index contributed by atoms with van der Waals surface area (Å²) in [6.07, 6.45) is 2.19. The first-order chi connectivity index (χ1) is 11.6. The Balaban J connectivity index is 2.08. The normalized spacial score (nSPS) is 13.6. The summed E-state index contributed by atoms with van der Waals surface area (Å²) in [4.78, 5) is 21.0. The van der Waals surface area contributed by atoms with Crippen LogP contribution in [0, 0.1) is 5.92 Å². The third-order valence-electron chi connectivity index (χ3n) is 4.21. The number of carbonyl (C=O) groups is 1. The quantitative estimate of drug-likeness (QED) is 0.746. The molecular weight excluding hydrogens is 322 g/mol. The molecule has 1 aromatic carbocycles. The summed E-state index contributed by atoms with van der Waals surface area (Å²) < 4.78 is 0. The number of carboxylic acids is 1. The molecule has 0 spiro atoms.